The smallest absolute Gasteiger partial charge is 0.354 e. The number of anilines is 1. The Morgan fingerprint density at radius 1 is 1.41 bits per heavy atom. The molecule has 1 unspecified atom stereocenters. The lowest BCUT2D eigenvalue weighted by Gasteiger charge is -2.21. The maximum atomic E-state index is 10.9. The lowest BCUT2D eigenvalue weighted by atomic mass is 10.0. The Hall–Kier alpha value is -1.58. The maximum Gasteiger partial charge on any atom is 0.354 e. The first-order valence-corrected chi connectivity index (χ1v) is 6.12. The van der Waals surface area contributed by atoms with Crippen molar-refractivity contribution in [3.05, 3.63) is 23.9 Å². The van der Waals surface area contributed by atoms with Crippen molar-refractivity contribution in [3.8, 4) is 0 Å². The van der Waals surface area contributed by atoms with Gasteiger partial charge in [0, 0.05) is 13.1 Å². The largest absolute Gasteiger partial charge is 0.477 e. The fourth-order valence-electron chi connectivity index (χ4n) is 2.21. The number of carboxylic acids is 1. The number of hydrogen-bond donors (Lipinski definition) is 1. The highest BCUT2D eigenvalue weighted by molar-refractivity contribution is 5.85. The number of carbonyl (C=O) groups is 1. The van der Waals surface area contributed by atoms with Crippen LogP contribution in [0.2, 0.25) is 0 Å². The zero-order valence-electron chi connectivity index (χ0n) is 10.1. The second kappa shape index (κ2) is 5.17. The molecule has 0 aliphatic carbocycles. The molecule has 1 atom stereocenters. The topological polar surface area (TPSA) is 53.4 Å². The van der Waals surface area contributed by atoms with E-state index in [4.69, 9.17) is 5.11 Å². The molecule has 4 heteroatoms. The van der Waals surface area contributed by atoms with Crippen molar-refractivity contribution >= 4 is 11.8 Å². The normalized spacial score (nSPS) is 21.0. The van der Waals surface area contributed by atoms with E-state index in [1.807, 2.05) is 6.07 Å². The highest BCUT2D eigenvalue weighted by Crippen LogP contribution is 2.21. The van der Waals surface area contributed by atoms with E-state index in [1.165, 1.54) is 12.5 Å². The van der Waals surface area contributed by atoms with E-state index in [0.717, 1.165) is 37.7 Å². The van der Waals surface area contributed by atoms with Crippen LogP contribution >= 0.6 is 0 Å². The minimum absolute atomic E-state index is 0.125. The summed E-state index contributed by atoms with van der Waals surface area (Å²) in [5.74, 6) is 0.580. The monoisotopic (exact) mass is 234 g/mol. The quantitative estimate of drug-likeness (QED) is 0.853. The summed E-state index contributed by atoms with van der Waals surface area (Å²) in [7, 11) is 0. The first-order chi connectivity index (χ1) is 8.16. The van der Waals surface area contributed by atoms with Crippen LogP contribution in [0.3, 0.4) is 0 Å². The van der Waals surface area contributed by atoms with Crippen LogP contribution in [0.1, 0.15) is 36.7 Å². The standard InChI is InChI=1S/C13H18N2O2/c1-10-4-3-8-15(9-7-10)12-6-2-5-11(14-12)13(16)17/h2,5-6,10H,3-4,7-9H2,1H3,(H,16,17). The minimum atomic E-state index is -0.963. The molecule has 1 aliphatic rings. The van der Waals surface area contributed by atoms with Gasteiger partial charge in [0.15, 0.2) is 5.69 Å². The predicted molar refractivity (Wildman–Crippen MR) is 66.4 cm³/mol. The molecular formula is C13H18N2O2. The van der Waals surface area contributed by atoms with Gasteiger partial charge in [0.25, 0.3) is 0 Å². The third-order valence-corrected chi connectivity index (χ3v) is 3.29. The van der Waals surface area contributed by atoms with Crippen LogP contribution < -0.4 is 4.90 Å². The minimum Gasteiger partial charge on any atom is -0.477 e. The molecule has 1 aromatic heterocycles. The second-order valence-electron chi connectivity index (χ2n) is 4.71. The molecule has 1 N–H and O–H groups in total. The van der Waals surface area contributed by atoms with Gasteiger partial charge in [-0.3, -0.25) is 0 Å². The molecule has 2 heterocycles. The van der Waals surface area contributed by atoms with Crippen molar-refractivity contribution in [3.63, 3.8) is 0 Å². The fraction of sp³-hybridized carbons (Fsp3) is 0.538. The summed E-state index contributed by atoms with van der Waals surface area (Å²) in [6.07, 6.45) is 3.55. The summed E-state index contributed by atoms with van der Waals surface area (Å²) in [4.78, 5) is 17.3. The molecule has 0 radical (unpaired) electrons. The van der Waals surface area contributed by atoms with Crippen molar-refractivity contribution in [2.75, 3.05) is 18.0 Å². The third-order valence-electron chi connectivity index (χ3n) is 3.29. The van der Waals surface area contributed by atoms with Crippen LogP contribution in [0, 0.1) is 5.92 Å². The lowest BCUT2D eigenvalue weighted by Crippen LogP contribution is -2.25. The summed E-state index contributed by atoms with van der Waals surface area (Å²) < 4.78 is 0. The number of nitrogens with zero attached hydrogens (tertiary/aromatic N) is 2. The number of carboxylic acid groups (broad SMARTS) is 1. The number of pyridine rings is 1. The molecule has 0 saturated carbocycles. The van der Waals surface area contributed by atoms with Gasteiger partial charge in [0.1, 0.15) is 5.82 Å². The summed E-state index contributed by atoms with van der Waals surface area (Å²) in [5.41, 5.74) is 0.125. The SMILES string of the molecule is CC1CCCN(c2cccc(C(=O)O)n2)CC1. The van der Waals surface area contributed by atoms with Crippen molar-refractivity contribution in [1.29, 1.82) is 0 Å². The molecule has 4 nitrogen and oxygen atoms in total. The van der Waals surface area contributed by atoms with E-state index in [-0.39, 0.29) is 5.69 Å². The first kappa shape index (κ1) is 11.9. The van der Waals surface area contributed by atoms with E-state index >= 15 is 0 Å². The molecule has 92 valence electrons. The molecule has 17 heavy (non-hydrogen) atoms. The number of aromatic carboxylic acids is 1. The molecule has 0 amide bonds. The Labute approximate surface area is 101 Å². The lowest BCUT2D eigenvalue weighted by molar-refractivity contribution is 0.0690. The van der Waals surface area contributed by atoms with Gasteiger partial charge in [-0.1, -0.05) is 13.0 Å². The van der Waals surface area contributed by atoms with Crippen molar-refractivity contribution < 1.29 is 9.90 Å². The summed E-state index contributed by atoms with van der Waals surface area (Å²) >= 11 is 0. The van der Waals surface area contributed by atoms with Crippen molar-refractivity contribution in [2.45, 2.75) is 26.2 Å². The van der Waals surface area contributed by atoms with Crippen LogP contribution in [0.15, 0.2) is 18.2 Å². The molecule has 0 spiro atoms. The molecule has 2 rings (SSSR count). The molecule has 0 aromatic carbocycles. The van der Waals surface area contributed by atoms with E-state index in [1.54, 1.807) is 6.07 Å². The molecule has 1 saturated heterocycles. The van der Waals surface area contributed by atoms with Crippen molar-refractivity contribution in [2.24, 2.45) is 5.92 Å². The van der Waals surface area contributed by atoms with Gasteiger partial charge in [-0.05, 0) is 37.3 Å². The van der Waals surface area contributed by atoms with Crippen LogP contribution in [-0.2, 0) is 0 Å². The zero-order valence-corrected chi connectivity index (χ0v) is 10.1. The van der Waals surface area contributed by atoms with Gasteiger partial charge in [0.05, 0.1) is 0 Å². The Morgan fingerprint density at radius 3 is 3.00 bits per heavy atom. The van der Waals surface area contributed by atoms with E-state index in [9.17, 15) is 4.79 Å². The number of hydrogen-bond acceptors (Lipinski definition) is 3. The molecule has 1 fully saturated rings. The average molecular weight is 234 g/mol. The summed E-state index contributed by atoms with van der Waals surface area (Å²) in [6, 6.07) is 5.19. The number of rotatable bonds is 2. The van der Waals surface area contributed by atoms with Crippen LogP contribution in [-0.4, -0.2) is 29.1 Å². The van der Waals surface area contributed by atoms with Crippen LogP contribution in [0.25, 0.3) is 0 Å². The van der Waals surface area contributed by atoms with E-state index in [2.05, 4.69) is 16.8 Å². The van der Waals surface area contributed by atoms with Crippen LogP contribution in [0.4, 0.5) is 5.82 Å². The van der Waals surface area contributed by atoms with E-state index < -0.39 is 5.97 Å². The van der Waals surface area contributed by atoms with Gasteiger partial charge < -0.3 is 10.0 Å². The first-order valence-electron chi connectivity index (χ1n) is 6.12. The molecule has 0 bridgehead atoms. The Morgan fingerprint density at radius 2 is 2.24 bits per heavy atom. The second-order valence-corrected chi connectivity index (χ2v) is 4.71. The fourth-order valence-corrected chi connectivity index (χ4v) is 2.21. The van der Waals surface area contributed by atoms with Gasteiger partial charge in [-0.15, -0.1) is 0 Å². The van der Waals surface area contributed by atoms with E-state index in [0.29, 0.717) is 0 Å². The highest BCUT2D eigenvalue weighted by atomic mass is 16.4. The van der Waals surface area contributed by atoms with Crippen molar-refractivity contribution in [1.82, 2.24) is 4.98 Å². The Bertz CT molecular complexity index is 406. The molecule has 1 aromatic rings. The summed E-state index contributed by atoms with van der Waals surface area (Å²) in [6.45, 7) is 4.21. The Kier molecular flexibility index (Phi) is 3.61. The molecular weight excluding hydrogens is 216 g/mol. The average Bonchev–Trinajstić information content (AvgIpc) is 2.54. The zero-order chi connectivity index (χ0) is 12.3. The number of aromatic nitrogens is 1. The Balaban J connectivity index is 2.15. The molecule has 1 aliphatic heterocycles. The van der Waals surface area contributed by atoms with Gasteiger partial charge in [0.2, 0.25) is 0 Å². The highest BCUT2D eigenvalue weighted by Gasteiger charge is 2.16. The van der Waals surface area contributed by atoms with Gasteiger partial charge in [-0.25, -0.2) is 9.78 Å². The van der Waals surface area contributed by atoms with Crippen LogP contribution in [0.5, 0.6) is 0 Å². The third kappa shape index (κ3) is 2.96. The van der Waals surface area contributed by atoms with Gasteiger partial charge >= 0.3 is 5.97 Å². The summed E-state index contributed by atoms with van der Waals surface area (Å²) in [5, 5.41) is 8.92. The maximum absolute atomic E-state index is 10.9. The predicted octanol–water partition coefficient (Wildman–Crippen LogP) is 2.41. The van der Waals surface area contributed by atoms with Gasteiger partial charge in [-0.2, -0.15) is 0 Å².